The zero-order chi connectivity index (χ0) is 26.9. The fourth-order valence-corrected chi connectivity index (χ4v) is 3.73. The van der Waals surface area contributed by atoms with Crippen molar-refractivity contribution in [2.75, 3.05) is 13.2 Å². The summed E-state index contributed by atoms with van der Waals surface area (Å²) in [6, 6.07) is 12.9. The molecule has 0 radical (unpaired) electrons. The summed E-state index contributed by atoms with van der Waals surface area (Å²) in [5.41, 5.74) is 2.87. The molecule has 0 aliphatic carbocycles. The maximum absolute atomic E-state index is 13.6. The van der Waals surface area contributed by atoms with E-state index in [-0.39, 0.29) is 12.5 Å². The van der Waals surface area contributed by atoms with E-state index in [9.17, 15) is 19.5 Å². The number of hydrogen-bond donors (Lipinski definition) is 3. The van der Waals surface area contributed by atoms with Crippen LogP contribution in [0.4, 0.5) is 4.79 Å². The van der Waals surface area contributed by atoms with Gasteiger partial charge in [-0.3, -0.25) is 9.59 Å². The number of aliphatic hydroxyl groups is 1. The molecule has 0 aliphatic rings. The summed E-state index contributed by atoms with van der Waals surface area (Å²) < 4.78 is 5.26. The van der Waals surface area contributed by atoms with Gasteiger partial charge in [-0.15, -0.1) is 0 Å². The molecular weight excluding hydrogens is 458 g/mol. The third-order valence-corrected chi connectivity index (χ3v) is 5.64. The largest absolute Gasteiger partial charge is 0.444 e. The number of ether oxygens (including phenoxy) is 1. The van der Waals surface area contributed by atoms with E-state index in [2.05, 4.69) is 10.6 Å². The van der Waals surface area contributed by atoms with Gasteiger partial charge in [0, 0.05) is 13.1 Å². The smallest absolute Gasteiger partial charge is 0.408 e. The van der Waals surface area contributed by atoms with Gasteiger partial charge in [0.15, 0.2) is 0 Å². The van der Waals surface area contributed by atoms with Crippen LogP contribution in [0.3, 0.4) is 0 Å². The molecule has 2 rings (SSSR count). The van der Waals surface area contributed by atoms with Crippen LogP contribution in [0.2, 0.25) is 0 Å². The molecule has 0 spiro atoms. The van der Waals surface area contributed by atoms with Gasteiger partial charge >= 0.3 is 6.09 Å². The molecule has 0 aliphatic heterocycles. The number of amides is 3. The Hall–Kier alpha value is -3.39. The van der Waals surface area contributed by atoms with Crippen LogP contribution < -0.4 is 10.6 Å². The maximum Gasteiger partial charge on any atom is 0.408 e. The van der Waals surface area contributed by atoms with Crippen molar-refractivity contribution in [1.29, 1.82) is 0 Å². The first kappa shape index (κ1) is 28.8. The Morgan fingerprint density at radius 1 is 1.03 bits per heavy atom. The summed E-state index contributed by atoms with van der Waals surface area (Å²) in [6.45, 7) is 10.9. The second-order valence-electron chi connectivity index (χ2n) is 9.86. The summed E-state index contributed by atoms with van der Waals surface area (Å²) in [6.07, 6.45) is -0.244. The molecule has 0 heterocycles. The Morgan fingerprint density at radius 3 is 2.25 bits per heavy atom. The van der Waals surface area contributed by atoms with Crippen LogP contribution in [-0.4, -0.2) is 52.7 Å². The number of rotatable bonds is 10. The second-order valence-corrected chi connectivity index (χ2v) is 9.86. The van der Waals surface area contributed by atoms with E-state index >= 15 is 0 Å². The zero-order valence-electron chi connectivity index (χ0n) is 22.1. The topological polar surface area (TPSA) is 108 Å². The highest BCUT2D eigenvalue weighted by atomic mass is 16.6. The number of alkyl carbamates (subject to hydrolysis) is 1. The molecule has 196 valence electrons. The lowest BCUT2D eigenvalue weighted by Gasteiger charge is -2.34. The summed E-state index contributed by atoms with van der Waals surface area (Å²) in [5.74, 6) is -0.916. The monoisotopic (exact) mass is 497 g/mol. The molecule has 2 atom stereocenters. The molecule has 2 unspecified atom stereocenters. The van der Waals surface area contributed by atoms with Gasteiger partial charge in [0.25, 0.3) is 0 Å². The highest BCUT2D eigenvalue weighted by Crippen LogP contribution is 2.25. The molecular formula is C28H39N3O5. The van der Waals surface area contributed by atoms with Gasteiger partial charge in [0.2, 0.25) is 11.8 Å². The van der Waals surface area contributed by atoms with Crippen LogP contribution in [0.5, 0.6) is 0 Å². The molecule has 36 heavy (non-hydrogen) atoms. The minimum atomic E-state index is -1.26. The summed E-state index contributed by atoms with van der Waals surface area (Å²) in [4.78, 5) is 41.0. The predicted molar refractivity (Wildman–Crippen MR) is 139 cm³/mol. The van der Waals surface area contributed by atoms with E-state index in [1.165, 1.54) is 4.90 Å². The Kier molecular flexibility index (Phi) is 10.5. The number of aryl methyl sites for hydroxylation is 2. The Bertz CT molecular complexity index is 1030. The third-order valence-electron chi connectivity index (χ3n) is 5.64. The van der Waals surface area contributed by atoms with E-state index in [4.69, 9.17) is 4.74 Å². The van der Waals surface area contributed by atoms with Gasteiger partial charge in [0.1, 0.15) is 17.7 Å². The molecule has 3 N–H and O–H groups in total. The first-order valence-electron chi connectivity index (χ1n) is 12.3. The van der Waals surface area contributed by atoms with Crippen molar-refractivity contribution < 1.29 is 24.2 Å². The van der Waals surface area contributed by atoms with Crippen LogP contribution in [-0.2, 0) is 20.9 Å². The lowest BCUT2D eigenvalue weighted by molar-refractivity contribution is -0.143. The van der Waals surface area contributed by atoms with E-state index in [1.54, 1.807) is 20.8 Å². The number of nitrogens with one attached hydrogen (secondary N) is 2. The number of carbonyl (C=O) groups excluding carboxylic acids is 3. The molecule has 0 bridgehead atoms. The number of benzene rings is 2. The van der Waals surface area contributed by atoms with Crippen molar-refractivity contribution in [1.82, 2.24) is 15.5 Å². The average Bonchev–Trinajstić information content (AvgIpc) is 2.82. The predicted octanol–water partition coefficient (Wildman–Crippen LogP) is 3.79. The molecule has 2 aromatic rings. The van der Waals surface area contributed by atoms with Crippen LogP contribution >= 0.6 is 0 Å². The molecule has 8 heteroatoms. The van der Waals surface area contributed by atoms with Crippen molar-refractivity contribution in [3.8, 4) is 0 Å². The fraction of sp³-hybridized carbons (Fsp3) is 0.464. The fourth-order valence-electron chi connectivity index (χ4n) is 3.73. The van der Waals surface area contributed by atoms with Crippen LogP contribution in [0, 0.1) is 13.8 Å². The van der Waals surface area contributed by atoms with Crippen LogP contribution in [0.1, 0.15) is 62.4 Å². The third kappa shape index (κ3) is 8.37. The second kappa shape index (κ2) is 13.1. The first-order chi connectivity index (χ1) is 17.0. The number of nitrogens with zero attached hydrogens (tertiary/aromatic N) is 1. The van der Waals surface area contributed by atoms with Crippen molar-refractivity contribution in [2.45, 2.75) is 72.2 Å². The lowest BCUT2D eigenvalue weighted by Crippen LogP contribution is -2.54. The minimum Gasteiger partial charge on any atom is -0.444 e. The number of carbonyl (C=O) groups is 3. The molecule has 0 saturated heterocycles. The summed E-state index contributed by atoms with van der Waals surface area (Å²) in [7, 11) is 0. The summed E-state index contributed by atoms with van der Waals surface area (Å²) >= 11 is 0. The first-order valence-corrected chi connectivity index (χ1v) is 12.3. The Balaban J connectivity index is 2.39. The van der Waals surface area contributed by atoms with E-state index in [0.717, 1.165) is 16.7 Å². The van der Waals surface area contributed by atoms with E-state index in [0.29, 0.717) is 18.5 Å². The molecule has 3 amide bonds. The molecule has 0 saturated carbocycles. The Morgan fingerprint density at radius 2 is 1.69 bits per heavy atom. The maximum atomic E-state index is 13.6. The highest BCUT2D eigenvalue weighted by Gasteiger charge is 2.35. The summed E-state index contributed by atoms with van der Waals surface area (Å²) in [5, 5.41) is 15.4. The van der Waals surface area contributed by atoms with Gasteiger partial charge in [0.05, 0.1) is 6.61 Å². The molecule has 0 aromatic heterocycles. The van der Waals surface area contributed by atoms with Crippen molar-refractivity contribution in [3.05, 3.63) is 70.8 Å². The molecule has 2 aromatic carbocycles. The van der Waals surface area contributed by atoms with Gasteiger partial charge in [-0.05, 0) is 63.3 Å². The van der Waals surface area contributed by atoms with Crippen molar-refractivity contribution in [2.24, 2.45) is 0 Å². The standard InChI is InChI=1S/C28H39N3O5/c1-7-15-31(26(34)23(18-32)30-27(35)36-28(4,5)6)24(22-14-13-19(2)20(3)16-22)25(33)29-17-21-11-9-8-10-12-21/h8-14,16,23-24,32H,7,15,17-18H2,1-6H3,(H,29,33)(H,30,35). The van der Waals surface area contributed by atoms with Crippen molar-refractivity contribution in [3.63, 3.8) is 0 Å². The SMILES string of the molecule is CCCN(C(=O)C(CO)NC(=O)OC(C)(C)C)C(C(=O)NCc1ccccc1)c1ccc(C)c(C)c1. The number of hydrogen-bond acceptors (Lipinski definition) is 5. The van der Waals surface area contributed by atoms with Gasteiger partial charge in [-0.1, -0.05) is 55.5 Å². The van der Waals surface area contributed by atoms with Gasteiger partial charge in [-0.2, -0.15) is 0 Å². The molecule has 8 nitrogen and oxygen atoms in total. The average molecular weight is 498 g/mol. The number of aliphatic hydroxyl groups excluding tert-OH is 1. The normalized spacial score (nSPS) is 12.9. The van der Waals surface area contributed by atoms with Crippen molar-refractivity contribution >= 4 is 17.9 Å². The minimum absolute atomic E-state index is 0.252. The van der Waals surface area contributed by atoms with Crippen LogP contribution in [0.15, 0.2) is 48.5 Å². The van der Waals surface area contributed by atoms with Gasteiger partial charge < -0.3 is 25.4 Å². The van der Waals surface area contributed by atoms with Crippen LogP contribution in [0.25, 0.3) is 0 Å². The highest BCUT2D eigenvalue weighted by molar-refractivity contribution is 5.92. The van der Waals surface area contributed by atoms with Gasteiger partial charge in [-0.25, -0.2) is 4.79 Å². The lowest BCUT2D eigenvalue weighted by atomic mass is 9.98. The van der Waals surface area contributed by atoms with E-state index < -0.39 is 36.3 Å². The quantitative estimate of drug-likeness (QED) is 0.463. The zero-order valence-corrected chi connectivity index (χ0v) is 22.1. The molecule has 0 fully saturated rings. The van der Waals surface area contributed by atoms with E-state index in [1.807, 2.05) is 69.3 Å². The Labute approximate surface area is 214 Å².